The van der Waals surface area contributed by atoms with E-state index in [1.807, 2.05) is 0 Å². The Morgan fingerprint density at radius 3 is 0.821 bits per heavy atom. The molecule has 0 unspecified atom stereocenters. The van der Waals surface area contributed by atoms with Gasteiger partial charge in [0.05, 0.1) is 0 Å². The van der Waals surface area contributed by atoms with Crippen molar-refractivity contribution in [3.05, 3.63) is 68.8 Å². The van der Waals surface area contributed by atoms with Gasteiger partial charge in [-0.1, -0.05) is 104 Å². The highest BCUT2D eigenvalue weighted by Crippen LogP contribution is 2.28. The first-order valence-electron chi connectivity index (χ1n) is 17.4. The van der Waals surface area contributed by atoms with Gasteiger partial charge in [0.1, 0.15) is 0 Å². The largest absolute Gasteiger partial charge is 0.0654 e. The molecule has 0 radical (unpaired) electrons. The van der Waals surface area contributed by atoms with Crippen LogP contribution in [0.1, 0.15) is 170 Å². The fourth-order valence-corrected chi connectivity index (χ4v) is 6.24. The number of rotatable bonds is 22. The summed E-state index contributed by atoms with van der Waals surface area (Å²) in [5.74, 6) is 0. The van der Waals surface area contributed by atoms with Crippen molar-refractivity contribution in [2.75, 3.05) is 0 Å². The van der Waals surface area contributed by atoms with Gasteiger partial charge in [-0.2, -0.15) is 0 Å². The van der Waals surface area contributed by atoms with Crippen LogP contribution in [0.5, 0.6) is 0 Å². The Labute approximate surface area is 244 Å². The second-order valence-corrected chi connectivity index (χ2v) is 12.3. The van der Waals surface area contributed by atoms with Crippen LogP contribution in [0.2, 0.25) is 0 Å². The van der Waals surface area contributed by atoms with Crippen LogP contribution in [0.25, 0.3) is 0 Å². The van der Waals surface area contributed by atoms with Gasteiger partial charge < -0.3 is 0 Å². The highest BCUT2D eigenvalue weighted by Gasteiger charge is 2.15. The second kappa shape index (κ2) is 20.3. The molecule has 0 aliphatic carbocycles. The third kappa shape index (κ3) is 11.8. The van der Waals surface area contributed by atoms with Crippen molar-refractivity contribution in [3.8, 4) is 0 Å². The molecule has 0 aliphatic heterocycles. The van der Waals surface area contributed by atoms with Gasteiger partial charge in [0.15, 0.2) is 0 Å². The number of unbranched alkanes of at least 4 members (excludes halogenated alkanes) is 6. The van der Waals surface area contributed by atoms with Crippen molar-refractivity contribution in [2.45, 2.75) is 176 Å². The first kappa shape index (κ1) is 33.6. The van der Waals surface area contributed by atoms with Crippen LogP contribution in [0.3, 0.4) is 0 Å². The molecule has 0 fully saturated rings. The molecular formula is C39H64. The minimum absolute atomic E-state index is 1.25. The van der Waals surface area contributed by atoms with E-state index in [1.165, 1.54) is 135 Å². The Morgan fingerprint density at radius 2 is 0.564 bits per heavy atom. The minimum Gasteiger partial charge on any atom is -0.0654 e. The molecule has 0 bridgehead atoms. The zero-order valence-electron chi connectivity index (χ0n) is 27.2. The lowest BCUT2D eigenvalue weighted by molar-refractivity contribution is 0.717. The molecule has 0 nitrogen and oxygen atoms in total. The number of hydrogen-bond donors (Lipinski definition) is 0. The molecule has 0 aromatic heterocycles. The zero-order valence-corrected chi connectivity index (χ0v) is 27.2. The molecule has 0 spiro atoms. The van der Waals surface area contributed by atoms with Crippen molar-refractivity contribution in [1.82, 2.24) is 0 Å². The van der Waals surface area contributed by atoms with Gasteiger partial charge in [0, 0.05) is 0 Å². The van der Waals surface area contributed by atoms with Crippen molar-refractivity contribution >= 4 is 0 Å². The summed E-state index contributed by atoms with van der Waals surface area (Å²) in [7, 11) is 0. The average Bonchev–Trinajstić information content (AvgIpc) is 2.95. The Balaban J connectivity index is 2.37. The van der Waals surface area contributed by atoms with Gasteiger partial charge in [-0.3, -0.25) is 0 Å². The van der Waals surface area contributed by atoms with Crippen LogP contribution in [0.4, 0.5) is 0 Å². The summed E-state index contributed by atoms with van der Waals surface area (Å²) < 4.78 is 0. The summed E-state index contributed by atoms with van der Waals surface area (Å²) in [6, 6.07) is 10.4. The van der Waals surface area contributed by atoms with E-state index >= 15 is 0 Å². The maximum absolute atomic E-state index is 2.61. The third-order valence-corrected chi connectivity index (χ3v) is 8.68. The van der Waals surface area contributed by atoms with Gasteiger partial charge in [-0.15, -0.1) is 0 Å². The monoisotopic (exact) mass is 533 g/mol. The molecular weight excluding hydrogens is 468 g/mol. The fourth-order valence-electron chi connectivity index (χ4n) is 6.24. The molecule has 0 saturated carbocycles. The van der Waals surface area contributed by atoms with Crippen molar-refractivity contribution < 1.29 is 0 Å². The number of benzene rings is 2. The highest BCUT2D eigenvalue weighted by atomic mass is 14.2. The van der Waals surface area contributed by atoms with Crippen LogP contribution >= 0.6 is 0 Å². The van der Waals surface area contributed by atoms with Crippen molar-refractivity contribution in [1.29, 1.82) is 0 Å². The summed E-state index contributed by atoms with van der Waals surface area (Å²) in [6.45, 7) is 14.0. The maximum Gasteiger partial charge on any atom is -0.0270 e. The van der Waals surface area contributed by atoms with Gasteiger partial charge in [-0.25, -0.2) is 0 Å². The Kier molecular flexibility index (Phi) is 17.5. The molecule has 0 heterocycles. The van der Waals surface area contributed by atoms with Crippen LogP contribution < -0.4 is 0 Å². The molecule has 2 aromatic rings. The Bertz CT molecular complexity index is 784. The predicted octanol–water partition coefficient (Wildman–Crippen LogP) is 11.9. The van der Waals surface area contributed by atoms with E-state index < -0.39 is 0 Å². The summed E-state index contributed by atoms with van der Waals surface area (Å²) >= 11 is 0. The maximum atomic E-state index is 2.61. The summed E-state index contributed by atoms with van der Waals surface area (Å²) in [5, 5.41) is 0. The van der Waals surface area contributed by atoms with Crippen molar-refractivity contribution in [3.63, 3.8) is 0 Å². The molecule has 0 amide bonds. The zero-order chi connectivity index (χ0) is 28.3. The van der Waals surface area contributed by atoms with Gasteiger partial charge in [0.25, 0.3) is 0 Å². The molecule has 0 saturated heterocycles. The van der Waals surface area contributed by atoms with Gasteiger partial charge >= 0.3 is 0 Å². The van der Waals surface area contributed by atoms with Crippen LogP contribution in [-0.2, 0) is 51.4 Å². The normalized spacial score (nSPS) is 11.4. The van der Waals surface area contributed by atoms with E-state index in [0.29, 0.717) is 0 Å². The van der Waals surface area contributed by atoms with Crippen molar-refractivity contribution in [2.24, 2.45) is 0 Å². The Morgan fingerprint density at radius 1 is 0.308 bits per heavy atom. The molecule has 0 aliphatic rings. The first-order valence-corrected chi connectivity index (χ1v) is 17.4. The van der Waals surface area contributed by atoms with E-state index in [-0.39, 0.29) is 0 Å². The standard InChI is InChI=1S/C39H64/c1-7-13-20-32-28-34(22-15-9-3)38(35(29-32)23-16-10-4)26-19-27-39-36(24-17-11-5)30-33(21-14-8-2)31-37(39)25-18-12-6/h28-31H,7-27H2,1-6H3. The number of aryl methyl sites for hydroxylation is 6. The van der Waals surface area contributed by atoms with E-state index in [0.717, 1.165) is 0 Å². The summed E-state index contributed by atoms with van der Waals surface area (Å²) in [5.41, 5.74) is 13.4. The van der Waals surface area contributed by atoms with E-state index in [1.54, 1.807) is 44.5 Å². The lowest BCUT2D eigenvalue weighted by Crippen LogP contribution is -2.07. The fraction of sp³-hybridized carbons (Fsp3) is 0.692. The molecule has 39 heavy (non-hydrogen) atoms. The molecule has 0 N–H and O–H groups in total. The van der Waals surface area contributed by atoms with E-state index in [2.05, 4.69) is 65.8 Å². The third-order valence-electron chi connectivity index (χ3n) is 8.68. The van der Waals surface area contributed by atoms with E-state index in [4.69, 9.17) is 0 Å². The lowest BCUT2D eigenvalue weighted by Gasteiger charge is -2.20. The molecule has 2 rings (SSSR count). The highest BCUT2D eigenvalue weighted by molar-refractivity contribution is 5.42. The molecule has 2 aromatic carbocycles. The van der Waals surface area contributed by atoms with Gasteiger partial charge in [0.2, 0.25) is 0 Å². The Hall–Kier alpha value is -1.56. The van der Waals surface area contributed by atoms with Gasteiger partial charge in [-0.05, 0) is 141 Å². The molecule has 0 heteroatoms. The average molecular weight is 533 g/mol. The smallest absolute Gasteiger partial charge is 0.0270 e. The molecule has 220 valence electrons. The van der Waals surface area contributed by atoms with Crippen LogP contribution in [0, 0.1) is 0 Å². The van der Waals surface area contributed by atoms with Crippen LogP contribution in [0.15, 0.2) is 24.3 Å². The van der Waals surface area contributed by atoms with E-state index in [9.17, 15) is 0 Å². The first-order chi connectivity index (χ1) is 19.1. The molecule has 0 atom stereocenters. The minimum atomic E-state index is 1.25. The van der Waals surface area contributed by atoms with Crippen LogP contribution in [-0.4, -0.2) is 0 Å². The SMILES string of the molecule is CCCCc1cc(CCCC)c(CCCc2c(CCCC)cc(CCCC)cc2CCCC)c(CCCC)c1. The summed E-state index contributed by atoms with van der Waals surface area (Å²) in [4.78, 5) is 0. The quantitative estimate of drug-likeness (QED) is 0.141. The summed E-state index contributed by atoms with van der Waals surface area (Å²) in [6.07, 6.45) is 27.0. The number of hydrogen-bond acceptors (Lipinski definition) is 0. The lowest BCUT2D eigenvalue weighted by atomic mass is 9.85. The second-order valence-electron chi connectivity index (χ2n) is 12.3. The predicted molar refractivity (Wildman–Crippen MR) is 177 cm³/mol. The topological polar surface area (TPSA) is 0 Å².